The predicted octanol–water partition coefficient (Wildman–Crippen LogP) is 0.563. The highest BCUT2D eigenvalue weighted by atomic mass is 32.1. The number of nitrogens with zero attached hydrogens (tertiary/aromatic N) is 2. The van der Waals surface area contributed by atoms with Gasteiger partial charge in [-0.2, -0.15) is 0 Å². The number of aromatic nitrogens is 1. The fourth-order valence-corrected chi connectivity index (χ4v) is 2.23. The van der Waals surface area contributed by atoms with E-state index in [0.717, 1.165) is 38.5 Å². The summed E-state index contributed by atoms with van der Waals surface area (Å²) in [5.41, 5.74) is 2.98. The van der Waals surface area contributed by atoms with E-state index in [4.69, 9.17) is 4.74 Å². The van der Waals surface area contributed by atoms with Crippen molar-refractivity contribution in [2.24, 2.45) is 0 Å². The number of hydrogen-bond acceptors (Lipinski definition) is 5. The maximum absolute atomic E-state index is 5.65. The van der Waals surface area contributed by atoms with Crippen LogP contribution in [0.5, 0.6) is 0 Å². The van der Waals surface area contributed by atoms with Crippen LogP contribution in [0.1, 0.15) is 5.69 Å². The van der Waals surface area contributed by atoms with Gasteiger partial charge in [-0.1, -0.05) is 0 Å². The Hall–Kier alpha value is -0.490. The lowest BCUT2D eigenvalue weighted by atomic mass is 10.3. The SMILES string of the molecule is CN1CCOC(CNCc2cscn2)C1. The third-order valence-corrected chi connectivity index (χ3v) is 3.14. The first-order valence-electron chi connectivity index (χ1n) is 5.22. The van der Waals surface area contributed by atoms with E-state index in [9.17, 15) is 0 Å². The summed E-state index contributed by atoms with van der Waals surface area (Å²) in [6.07, 6.45) is 0.322. The largest absolute Gasteiger partial charge is 0.374 e. The zero-order valence-corrected chi connectivity index (χ0v) is 9.80. The summed E-state index contributed by atoms with van der Waals surface area (Å²) in [7, 11) is 2.13. The zero-order chi connectivity index (χ0) is 10.5. The Balaban J connectivity index is 1.65. The number of rotatable bonds is 4. The first-order valence-corrected chi connectivity index (χ1v) is 6.17. The highest BCUT2D eigenvalue weighted by Gasteiger charge is 2.16. The summed E-state index contributed by atoms with van der Waals surface area (Å²) in [6.45, 7) is 4.65. The van der Waals surface area contributed by atoms with Crippen LogP contribution in [0.15, 0.2) is 10.9 Å². The topological polar surface area (TPSA) is 37.4 Å². The quantitative estimate of drug-likeness (QED) is 0.816. The van der Waals surface area contributed by atoms with Gasteiger partial charge >= 0.3 is 0 Å². The van der Waals surface area contributed by atoms with E-state index in [1.807, 2.05) is 5.51 Å². The summed E-state index contributed by atoms with van der Waals surface area (Å²) in [5, 5.41) is 5.44. The molecule has 0 aliphatic carbocycles. The van der Waals surface area contributed by atoms with Crippen LogP contribution in [-0.4, -0.2) is 49.3 Å². The fourth-order valence-electron chi connectivity index (χ4n) is 1.68. The molecule has 1 aliphatic rings. The zero-order valence-electron chi connectivity index (χ0n) is 8.98. The number of morpholine rings is 1. The van der Waals surface area contributed by atoms with Gasteiger partial charge in [0.15, 0.2) is 0 Å². The average molecular weight is 227 g/mol. The minimum Gasteiger partial charge on any atom is -0.374 e. The molecule has 1 aromatic heterocycles. The van der Waals surface area contributed by atoms with Crippen LogP contribution in [0.2, 0.25) is 0 Å². The van der Waals surface area contributed by atoms with Crippen molar-refractivity contribution in [3.8, 4) is 0 Å². The lowest BCUT2D eigenvalue weighted by Crippen LogP contribution is -2.44. The van der Waals surface area contributed by atoms with Crippen LogP contribution in [0.3, 0.4) is 0 Å². The van der Waals surface area contributed by atoms with Crippen LogP contribution in [0, 0.1) is 0 Å². The Labute approximate surface area is 94.3 Å². The molecule has 84 valence electrons. The maximum atomic E-state index is 5.65. The maximum Gasteiger partial charge on any atom is 0.0826 e. The van der Waals surface area contributed by atoms with E-state index in [1.165, 1.54) is 0 Å². The van der Waals surface area contributed by atoms with Gasteiger partial charge in [-0.3, -0.25) is 0 Å². The summed E-state index contributed by atoms with van der Waals surface area (Å²) in [5.74, 6) is 0. The normalized spacial score (nSPS) is 23.1. The second kappa shape index (κ2) is 5.55. The van der Waals surface area contributed by atoms with Crippen LogP contribution in [0.25, 0.3) is 0 Å². The highest BCUT2D eigenvalue weighted by molar-refractivity contribution is 7.07. The van der Waals surface area contributed by atoms with E-state index in [1.54, 1.807) is 11.3 Å². The standard InChI is InChI=1S/C10H17N3OS/c1-13-2-3-14-10(6-13)5-11-4-9-7-15-8-12-9/h7-8,10-11H,2-6H2,1H3. The molecule has 4 nitrogen and oxygen atoms in total. The monoisotopic (exact) mass is 227 g/mol. The molecular formula is C10H17N3OS. The van der Waals surface area contributed by atoms with Crippen molar-refractivity contribution in [2.75, 3.05) is 33.3 Å². The Morgan fingerprint density at radius 1 is 1.73 bits per heavy atom. The Morgan fingerprint density at radius 3 is 3.40 bits per heavy atom. The molecule has 1 unspecified atom stereocenters. The van der Waals surface area contributed by atoms with Gasteiger partial charge in [0.1, 0.15) is 0 Å². The van der Waals surface area contributed by atoms with E-state index in [-0.39, 0.29) is 0 Å². The molecule has 5 heteroatoms. The number of thiazole rings is 1. The third kappa shape index (κ3) is 3.53. The first-order chi connectivity index (χ1) is 7.34. The summed E-state index contributed by atoms with van der Waals surface area (Å²) in [4.78, 5) is 6.52. The molecule has 0 saturated carbocycles. The van der Waals surface area contributed by atoms with Gasteiger partial charge < -0.3 is 15.0 Å². The van der Waals surface area contributed by atoms with Gasteiger partial charge in [0.2, 0.25) is 0 Å². The summed E-state index contributed by atoms with van der Waals surface area (Å²) >= 11 is 1.64. The molecule has 2 heterocycles. The molecule has 0 aromatic carbocycles. The minimum atomic E-state index is 0.322. The molecule has 1 aromatic rings. The van der Waals surface area contributed by atoms with Gasteiger partial charge in [-0.15, -0.1) is 11.3 Å². The van der Waals surface area contributed by atoms with Crippen molar-refractivity contribution >= 4 is 11.3 Å². The molecule has 1 atom stereocenters. The number of ether oxygens (including phenoxy) is 1. The van der Waals surface area contributed by atoms with Gasteiger partial charge in [0, 0.05) is 31.6 Å². The Bertz CT molecular complexity index is 278. The predicted molar refractivity (Wildman–Crippen MR) is 61.1 cm³/mol. The smallest absolute Gasteiger partial charge is 0.0826 e. The van der Waals surface area contributed by atoms with Gasteiger partial charge in [0.25, 0.3) is 0 Å². The van der Waals surface area contributed by atoms with Crippen molar-refractivity contribution in [1.29, 1.82) is 0 Å². The second-order valence-electron chi connectivity index (χ2n) is 3.87. The minimum absolute atomic E-state index is 0.322. The molecule has 0 amide bonds. The van der Waals surface area contributed by atoms with E-state index in [2.05, 4.69) is 27.6 Å². The number of hydrogen-bond donors (Lipinski definition) is 1. The summed E-state index contributed by atoms with van der Waals surface area (Å²) in [6, 6.07) is 0. The third-order valence-electron chi connectivity index (χ3n) is 2.50. The van der Waals surface area contributed by atoms with Crippen molar-refractivity contribution in [2.45, 2.75) is 12.6 Å². The molecule has 1 saturated heterocycles. The van der Waals surface area contributed by atoms with Gasteiger partial charge in [0.05, 0.1) is 23.9 Å². The van der Waals surface area contributed by atoms with Crippen molar-refractivity contribution in [3.63, 3.8) is 0 Å². The van der Waals surface area contributed by atoms with Crippen LogP contribution in [0.4, 0.5) is 0 Å². The van der Waals surface area contributed by atoms with Crippen LogP contribution >= 0.6 is 11.3 Å². The van der Waals surface area contributed by atoms with Crippen LogP contribution < -0.4 is 5.32 Å². The van der Waals surface area contributed by atoms with Crippen molar-refractivity contribution in [3.05, 3.63) is 16.6 Å². The molecule has 1 aliphatic heterocycles. The Kier molecular flexibility index (Phi) is 4.08. The molecule has 0 bridgehead atoms. The molecule has 15 heavy (non-hydrogen) atoms. The second-order valence-corrected chi connectivity index (χ2v) is 4.58. The van der Waals surface area contributed by atoms with Crippen LogP contribution in [-0.2, 0) is 11.3 Å². The average Bonchev–Trinajstić information content (AvgIpc) is 2.71. The molecule has 2 rings (SSSR count). The van der Waals surface area contributed by atoms with E-state index >= 15 is 0 Å². The van der Waals surface area contributed by atoms with E-state index < -0.39 is 0 Å². The molecular weight excluding hydrogens is 210 g/mol. The molecule has 0 spiro atoms. The Morgan fingerprint density at radius 2 is 2.67 bits per heavy atom. The lowest BCUT2D eigenvalue weighted by Gasteiger charge is -2.30. The highest BCUT2D eigenvalue weighted by Crippen LogP contribution is 2.03. The molecule has 1 fully saturated rings. The van der Waals surface area contributed by atoms with Gasteiger partial charge in [-0.05, 0) is 7.05 Å². The van der Waals surface area contributed by atoms with Crippen molar-refractivity contribution < 1.29 is 4.74 Å². The molecule has 0 radical (unpaired) electrons. The fraction of sp³-hybridized carbons (Fsp3) is 0.700. The lowest BCUT2D eigenvalue weighted by molar-refractivity contribution is -0.0182. The first kappa shape index (κ1) is 11.0. The summed E-state index contributed by atoms with van der Waals surface area (Å²) < 4.78 is 5.65. The number of nitrogens with one attached hydrogen (secondary N) is 1. The number of likely N-dealkylation sites (N-methyl/N-ethyl adjacent to an activating group) is 1. The molecule has 1 N–H and O–H groups in total. The van der Waals surface area contributed by atoms with Gasteiger partial charge in [-0.25, -0.2) is 4.98 Å². The van der Waals surface area contributed by atoms with Crippen molar-refractivity contribution in [1.82, 2.24) is 15.2 Å². The van der Waals surface area contributed by atoms with E-state index in [0.29, 0.717) is 6.10 Å².